The number of nitrogens with zero attached hydrogens (tertiary/aromatic N) is 1. The summed E-state index contributed by atoms with van der Waals surface area (Å²) in [5, 5.41) is 13.3. The van der Waals surface area contributed by atoms with Crippen LogP contribution in [0.2, 0.25) is 18.1 Å². The van der Waals surface area contributed by atoms with Crippen molar-refractivity contribution in [3.8, 4) is 23.0 Å². The Morgan fingerprint density at radius 2 is 1.57 bits per heavy atom. The highest BCUT2D eigenvalue weighted by molar-refractivity contribution is 7.89. The number of methoxy groups -OCH3 is 2. The van der Waals surface area contributed by atoms with E-state index >= 15 is 0 Å². The maximum Gasteiger partial charge on any atom is 0.407 e. The van der Waals surface area contributed by atoms with Crippen molar-refractivity contribution >= 4 is 30.3 Å². The number of amides is 2. The second-order valence-corrected chi connectivity index (χ2v) is 21.9. The Labute approximate surface area is 314 Å². The first kappa shape index (κ1) is 40.1. The van der Waals surface area contributed by atoms with Crippen LogP contribution in [-0.2, 0) is 24.7 Å². The van der Waals surface area contributed by atoms with Gasteiger partial charge in [-0.15, -0.1) is 0 Å². The summed E-state index contributed by atoms with van der Waals surface area (Å²) in [5.74, 6) is 0.878. The molecule has 5 rings (SSSR count). The summed E-state index contributed by atoms with van der Waals surface area (Å²) in [6, 6.07) is 19.1. The lowest BCUT2D eigenvalue weighted by Gasteiger charge is -2.41. The third-order valence-corrected chi connectivity index (χ3v) is 17.0. The van der Waals surface area contributed by atoms with Gasteiger partial charge in [-0.3, -0.25) is 4.79 Å². The molecule has 2 atom stereocenters. The van der Waals surface area contributed by atoms with Crippen LogP contribution in [0.4, 0.5) is 4.79 Å². The standard InChI is InChI=1S/C39H53N3O9SSi/c1-38(2,3)53(6,7)50-21-13-12-20-39(30-14-8-10-16-32(30)51-33-17-11-9-15-31(33)39)26-40-36(43)27-22-28(25-42(24-27)37(44)45)41-52(46,47)29-18-19-34(48-4)35(23-29)49-5/h8-11,14-19,23,27-28,41H,12-13,20-22,24-26H2,1-7H3,(H,40,43)(H,44,45)/t27-,28+/m0/s1. The fourth-order valence-electron chi connectivity index (χ4n) is 6.97. The molecule has 1 saturated heterocycles. The number of sulfonamides is 1. The van der Waals surface area contributed by atoms with Crippen LogP contribution in [0.3, 0.4) is 0 Å². The van der Waals surface area contributed by atoms with Gasteiger partial charge in [0.15, 0.2) is 19.8 Å². The number of likely N-dealkylation sites (tertiary alicyclic amines) is 1. The second kappa shape index (κ2) is 16.1. The van der Waals surface area contributed by atoms with Crippen LogP contribution >= 0.6 is 0 Å². The van der Waals surface area contributed by atoms with E-state index in [1.165, 1.54) is 32.4 Å². The first-order valence-corrected chi connectivity index (χ1v) is 22.4. The van der Waals surface area contributed by atoms with E-state index in [1.54, 1.807) is 0 Å². The average Bonchev–Trinajstić information content (AvgIpc) is 3.12. The number of fused-ring (bicyclic) bond motifs is 2. The highest BCUT2D eigenvalue weighted by Crippen LogP contribution is 2.50. The molecule has 2 heterocycles. The van der Waals surface area contributed by atoms with Crippen molar-refractivity contribution < 1.29 is 41.7 Å². The topological polar surface area (TPSA) is 153 Å². The number of carbonyl (C=O) groups is 2. The van der Waals surface area contributed by atoms with E-state index in [4.69, 9.17) is 18.6 Å². The number of unbranched alkanes of at least 4 members (excludes halogenated alkanes) is 1. The zero-order valence-electron chi connectivity index (χ0n) is 31.7. The fourth-order valence-corrected chi connectivity index (χ4v) is 9.31. The van der Waals surface area contributed by atoms with Crippen LogP contribution in [0, 0.1) is 5.92 Å². The third-order valence-electron chi connectivity index (χ3n) is 10.9. The molecule has 2 aliphatic rings. The molecule has 0 bridgehead atoms. The molecule has 1 fully saturated rings. The Morgan fingerprint density at radius 1 is 0.943 bits per heavy atom. The second-order valence-electron chi connectivity index (χ2n) is 15.4. The minimum Gasteiger partial charge on any atom is -0.493 e. The lowest BCUT2D eigenvalue weighted by Crippen LogP contribution is -2.56. The molecule has 0 aromatic heterocycles. The predicted molar refractivity (Wildman–Crippen MR) is 205 cm³/mol. The van der Waals surface area contributed by atoms with Gasteiger partial charge in [0.05, 0.1) is 25.0 Å². The number of carboxylic acid groups (broad SMARTS) is 1. The number of hydrogen-bond donors (Lipinski definition) is 3. The van der Waals surface area contributed by atoms with Crippen molar-refractivity contribution in [2.45, 2.75) is 80.9 Å². The molecule has 0 aliphatic carbocycles. The number of carbonyl (C=O) groups excluding carboxylic acids is 1. The third kappa shape index (κ3) is 8.83. The summed E-state index contributed by atoms with van der Waals surface area (Å²) in [7, 11) is -3.17. The van der Waals surface area contributed by atoms with Gasteiger partial charge in [0.1, 0.15) is 11.5 Å². The Bertz CT molecular complexity index is 1850. The number of para-hydroxylation sites is 2. The Hall–Kier alpha value is -4.11. The molecule has 0 spiro atoms. The number of rotatable bonds is 14. The fraction of sp³-hybridized carbons (Fsp3) is 0.487. The highest BCUT2D eigenvalue weighted by atomic mass is 32.2. The number of piperidine rings is 1. The molecule has 0 unspecified atom stereocenters. The summed E-state index contributed by atoms with van der Waals surface area (Å²) < 4.78 is 53.0. The summed E-state index contributed by atoms with van der Waals surface area (Å²) >= 11 is 0. The number of hydrogen-bond acceptors (Lipinski definition) is 8. The van der Waals surface area contributed by atoms with E-state index in [-0.39, 0.29) is 47.6 Å². The van der Waals surface area contributed by atoms with Crippen LogP contribution in [0.15, 0.2) is 71.6 Å². The van der Waals surface area contributed by atoms with Gasteiger partial charge in [-0.1, -0.05) is 57.2 Å². The van der Waals surface area contributed by atoms with Crippen LogP contribution in [-0.4, -0.2) is 85.2 Å². The maximum atomic E-state index is 14.1. The van der Waals surface area contributed by atoms with Crippen molar-refractivity contribution in [3.63, 3.8) is 0 Å². The lowest BCUT2D eigenvalue weighted by molar-refractivity contribution is -0.126. The van der Waals surface area contributed by atoms with Crippen molar-refractivity contribution in [1.82, 2.24) is 14.9 Å². The molecule has 3 aromatic carbocycles. The maximum absolute atomic E-state index is 14.1. The predicted octanol–water partition coefficient (Wildman–Crippen LogP) is 6.75. The average molecular weight is 768 g/mol. The van der Waals surface area contributed by atoms with Gasteiger partial charge in [0.25, 0.3) is 0 Å². The summed E-state index contributed by atoms with van der Waals surface area (Å²) in [5.41, 5.74) is 1.27. The van der Waals surface area contributed by atoms with Crippen molar-refractivity contribution in [1.29, 1.82) is 0 Å². The number of benzene rings is 3. The zero-order chi connectivity index (χ0) is 38.6. The summed E-state index contributed by atoms with van der Waals surface area (Å²) in [4.78, 5) is 27.4. The monoisotopic (exact) mass is 767 g/mol. The smallest absolute Gasteiger partial charge is 0.407 e. The number of ether oxygens (including phenoxy) is 3. The van der Waals surface area contributed by atoms with Crippen LogP contribution in [0.5, 0.6) is 23.0 Å². The largest absolute Gasteiger partial charge is 0.493 e. The van der Waals surface area contributed by atoms with Crippen molar-refractivity contribution in [2.75, 3.05) is 40.5 Å². The van der Waals surface area contributed by atoms with Gasteiger partial charge in [-0.05, 0) is 68.1 Å². The van der Waals surface area contributed by atoms with E-state index < -0.39 is 41.8 Å². The van der Waals surface area contributed by atoms with Gasteiger partial charge in [0, 0.05) is 54.9 Å². The van der Waals surface area contributed by atoms with Gasteiger partial charge in [-0.2, -0.15) is 0 Å². The lowest BCUT2D eigenvalue weighted by atomic mass is 9.69. The highest BCUT2D eigenvalue weighted by Gasteiger charge is 2.44. The van der Waals surface area contributed by atoms with Crippen molar-refractivity contribution in [2.24, 2.45) is 5.92 Å². The SMILES string of the molecule is COc1ccc(S(=O)(=O)N[C@@H]2C[C@H](C(=O)NCC3(CCCCO[Si](C)(C)C(C)(C)C)c4ccccc4Oc4ccccc43)CN(C(=O)O)C2)cc1OC. The molecule has 0 saturated carbocycles. The van der Waals surface area contributed by atoms with Gasteiger partial charge in [-0.25, -0.2) is 17.9 Å². The molecule has 0 radical (unpaired) electrons. The Balaban J connectivity index is 1.37. The first-order chi connectivity index (χ1) is 25.0. The molecule has 2 aliphatic heterocycles. The molecule has 3 aromatic rings. The molecule has 12 nitrogen and oxygen atoms in total. The van der Waals surface area contributed by atoms with Crippen LogP contribution < -0.4 is 24.2 Å². The molecule has 14 heteroatoms. The van der Waals surface area contributed by atoms with Gasteiger partial charge >= 0.3 is 6.09 Å². The van der Waals surface area contributed by atoms with Crippen LogP contribution in [0.25, 0.3) is 0 Å². The summed E-state index contributed by atoms with van der Waals surface area (Å²) in [6.07, 6.45) is 1.23. The molecular formula is C39H53N3O9SSi. The Morgan fingerprint density at radius 3 is 2.15 bits per heavy atom. The van der Waals surface area contributed by atoms with Crippen LogP contribution in [0.1, 0.15) is 57.6 Å². The zero-order valence-corrected chi connectivity index (χ0v) is 33.5. The molecule has 53 heavy (non-hydrogen) atoms. The van der Waals surface area contributed by atoms with E-state index in [2.05, 4.69) is 43.9 Å². The molecule has 3 N–H and O–H groups in total. The van der Waals surface area contributed by atoms with E-state index in [9.17, 15) is 23.1 Å². The molecular weight excluding hydrogens is 715 g/mol. The number of nitrogens with one attached hydrogen (secondary N) is 2. The molecule has 2 amide bonds. The Kier molecular flexibility index (Phi) is 12.2. The minimum absolute atomic E-state index is 0.0656. The van der Waals surface area contributed by atoms with E-state index in [0.717, 1.165) is 40.4 Å². The van der Waals surface area contributed by atoms with E-state index in [0.29, 0.717) is 18.8 Å². The minimum atomic E-state index is -4.11. The molecule has 288 valence electrons. The van der Waals surface area contributed by atoms with Gasteiger partial charge < -0.3 is 34.0 Å². The van der Waals surface area contributed by atoms with E-state index in [1.807, 2.05) is 48.5 Å². The quantitative estimate of drug-likeness (QED) is 0.120. The van der Waals surface area contributed by atoms with Gasteiger partial charge in [0.2, 0.25) is 15.9 Å². The van der Waals surface area contributed by atoms with Crippen molar-refractivity contribution in [3.05, 3.63) is 77.9 Å². The normalized spacial score (nSPS) is 18.3. The summed E-state index contributed by atoms with van der Waals surface area (Å²) in [6.45, 7) is 11.9. The first-order valence-electron chi connectivity index (χ1n) is 18.0.